The fraction of sp³-hybridized carbons (Fsp3) is 0. The maximum atomic E-state index is 10.6. The van der Waals surface area contributed by atoms with Crippen molar-refractivity contribution in [3.05, 3.63) is 41.4 Å². The van der Waals surface area contributed by atoms with E-state index in [-0.39, 0.29) is 0 Å². The normalized spacial score (nSPS) is 10.0. The molecule has 0 aliphatic rings. The van der Waals surface area contributed by atoms with Gasteiger partial charge in [0.2, 0.25) is 0 Å². The third-order valence-electron chi connectivity index (χ3n) is 1.90. The molecule has 0 bridgehead atoms. The zero-order chi connectivity index (χ0) is 9.97. The lowest BCUT2D eigenvalue weighted by Gasteiger charge is -1.97. The van der Waals surface area contributed by atoms with Gasteiger partial charge in [0.1, 0.15) is 0 Å². The van der Waals surface area contributed by atoms with Gasteiger partial charge in [-0.15, -0.1) is 0 Å². The molecule has 0 saturated heterocycles. The van der Waals surface area contributed by atoms with E-state index in [0.29, 0.717) is 5.56 Å². The summed E-state index contributed by atoms with van der Waals surface area (Å²) < 4.78 is 3.98. The Hall–Kier alpha value is -1.68. The number of hydrogen-bond donors (Lipinski definition) is 1. The molecule has 0 radical (unpaired) electrons. The first-order valence-electron chi connectivity index (χ1n) is 4.00. The topological polar surface area (TPSA) is 50.2 Å². The summed E-state index contributed by atoms with van der Waals surface area (Å²) in [6.07, 6.45) is 1.76. The van der Waals surface area contributed by atoms with E-state index in [1.54, 1.807) is 30.5 Å². The van der Waals surface area contributed by atoms with Gasteiger partial charge in [-0.3, -0.25) is 0 Å². The Morgan fingerprint density at radius 2 is 1.93 bits per heavy atom. The smallest absolute Gasteiger partial charge is 0.335 e. The Bertz CT molecular complexity index is 434. The summed E-state index contributed by atoms with van der Waals surface area (Å²) >= 11 is 1.38. The third kappa shape index (κ3) is 1.65. The van der Waals surface area contributed by atoms with Crippen LogP contribution in [0, 0.1) is 0 Å². The molecule has 2 rings (SSSR count). The minimum Gasteiger partial charge on any atom is -0.478 e. The minimum absolute atomic E-state index is 0.303. The molecule has 3 nitrogen and oxygen atoms in total. The van der Waals surface area contributed by atoms with Crippen molar-refractivity contribution >= 4 is 17.5 Å². The first kappa shape index (κ1) is 8.90. The number of aromatic carboxylic acids is 1. The lowest BCUT2D eigenvalue weighted by molar-refractivity contribution is 0.0697. The van der Waals surface area contributed by atoms with Crippen molar-refractivity contribution in [2.75, 3.05) is 0 Å². The van der Waals surface area contributed by atoms with E-state index >= 15 is 0 Å². The predicted octanol–water partition coefficient (Wildman–Crippen LogP) is 2.51. The molecule has 0 saturated carbocycles. The van der Waals surface area contributed by atoms with Crippen LogP contribution in [-0.2, 0) is 0 Å². The number of rotatable bonds is 2. The van der Waals surface area contributed by atoms with Crippen molar-refractivity contribution in [2.24, 2.45) is 0 Å². The number of benzene rings is 1. The predicted molar refractivity (Wildman–Crippen MR) is 54.5 cm³/mol. The zero-order valence-corrected chi connectivity index (χ0v) is 7.99. The van der Waals surface area contributed by atoms with Crippen LogP contribution in [0.15, 0.2) is 35.8 Å². The molecule has 0 atom stereocenters. The van der Waals surface area contributed by atoms with Crippen molar-refractivity contribution in [3.63, 3.8) is 0 Å². The second kappa shape index (κ2) is 3.59. The van der Waals surface area contributed by atoms with Crippen LogP contribution in [0.1, 0.15) is 10.4 Å². The minimum atomic E-state index is -0.903. The Morgan fingerprint density at radius 1 is 1.21 bits per heavy atom. The first-order chi connectivity index (χ1) is 6.77. The van der Waals surface area contributed by atoms with Gasteiger partial charge < -0.3 is 5.11 Å². The number of hydrogen-bond acceptors (Lipinski definition) is 3. The van der Waals surface area contributed by atoms with Crippen LogP contribution in [0.3, 0.4) is 0 Å². The monoisotopic (exact) mass is 205 g/mol. The summed E-state index contributed by atoms with van der Waals surface area (Å²) in [5, 5.41) is 10.6. The average molecular weight is 205 g/mol. The number of carboxylic acids is 1. The fourth-order valence-electron chi connectivity index (χ4n) is 1.15. The summed E-state index contributed by atoms with van der Waals surface area (Å²) in [5.41, 5.74) is 2.31. The van der Waals surface area contributed by atoms with Gasteiger partial charge in [0.25, 0.3) is 0 Å². The summed E-state index contributed by atoms with van der Waals surface area (Å²) in [5.74, 6) is -0.903. The van der Waals surface area contributed by atoms with Crippen molar-refractivity contribution in [3.8, 4) is 11.1 Å². The van der Waals surface area contributed by atoms with Crippen LogP contribution >= 0.6 is 11.5 Å². The molecular formula is C10H7NO2S. The number of carboxylic acid groups (broad SMARTS) is 1. The van der Waals surface area contributed by atoms with Gasteiger partial charge in [0.05, 0.1) is 5.56 Å². The Labute approximate surface area is 84.8 Å². The highest BCUT2D eigenvalue weighted by molar-refractivity contribution is 7.03. The van der Waals surface area contributed by atoms with Gasteiger partial charge in [-0.25, -0.2) is 9.17 Å². The maximum Gasteiger partial charge on any atom is 0.335 e. The van der Waals surface area contributed by atoms with E-state index in [1.165, 1.54) is 11.5 Å². The zero-order valence-electron chi connectivity index (χ0n) is 7.18. The van der Waals surface area contributed by atoms with Gasteiger partial charge in [-0.2, -0.15) is 0 Å². The number of nitrogens with zero attached hydrogens (tertiary/aromatic N) is 1. The highest BCUT2D eigenvalue weighted by atomic mass is 32.1. The Morgan fingerprint density at radius 3 is 2.43 bits per heavy atom. The second-order valence-corrected chi connectivity index (χ2v) is 3.45. The van der Waals surface area contributed by atoms with Crippen LogP contribution in [0.4, 0.5) is 0 Å². The van der Waals surface area contributed by atoms with Gasteiger partial charge in [0.15, 0.2) is 0 Å². The summed E-state index contributed by atoms with van der Waals surface area (Å²) in [7, 11) is 0. The molecule has 0 aliphatic carbocycles. The van der Waals surface area contributed by atoms with Gasteiger partial charge in [0, 0.05) is 17.1 Å². The maximum absolute atomic E-state index is 10.6. The average Bonchev–Trinajstić information content (AvgIpc) is 2.71. The molecule has 70 valence electrons. The molecule has 0 fully saturated rings. The molecular weight excluding hydrogens is 198 g/mol. The van der Waals surface area contributed by atoms with E-state index in [1.807, 2.05) is 5.38 Å². The molecule has 1 N–H and O–H groups in total. The molecule has 0 amide bonds. The first-order valence-corrected chi connectivity index (χ1v) is 4.84. The number of carbonyl (C=O) groups is 1. The van der Waals surface area contributed by atoms with E-state index in [9.17, 15) is 4.79 Å². The molecule has 4 heteroatoms. The molecule has 0 aliphatic heterocycles. The summed E-state index contributed by atoms with van der Waals surface area (Å²) in [4.78, 5) is 10.6. The van der Waals surface area contributed by atoms with Crippen molar-refractivity contribution < 1.29 is 9.90 Å². The van der Waals surface area contributed by atoms with Gasteiger partial charge in [-0.05, 0) is 29.2 Å². The van der Waals surface area contributed by atoms with Gasteiger partial charge >= 0.3 is 5.97 Å². The van der Waals surface area contributed by atoms with Gasteiger partial charge in [-0.1, -0.05) is 12.1 Å². The third-order valence-corrected chi connectivity index (χ3v) is 2.48. The van der Waals surface area contributed by atoms with E-state index in [0.717, 1.165) is 11.1 Å². The molecule has 0 spiro atoms. The second-order valence-electron chi connectivity index (χ2n) is 2.80. The van der Waals surface area contributed by atoms with Crippen LogP contribution in [0.2, 0.25) is 0 Å². The molecule has 1 aromatic carbocycles. The van der Waals surface area contributed by atoms with E-state index < -0.39 is 5.97 Å². The van der Waals surface area contributed by atoms with E-state index in [2.05, 4.69) is 4.37 Å². The summed E-state index contributed by atoms with van der Waals surface area (Å²) in [6.45, 7) is 0. The standard InChI is InChI=1S/C10H7NO2S/c12-10(13)8-3-1-7(2-4-8)9-5-11-14-6-9/h1-6H,(H,12,13). The lowest BCUT2D eigenvalue weighted by atomic mass is 10.1. The van der Waals surface area contributed by atoms with Crippen LogP contribution in [0.25, 0.3) is 11.1 Å². The molecule has 2 aromatic rings. The SMILES string of the molecule is O=C(O)c1ccc(-c2cnsc2)cc1. The Balaban J connectivity index is 2.36. The molecule has 1 heterocycles. The quantitative estimate of drug-likeness (QED) is 0.819. The highest BCUT2D eigenvalue weighted by Gasteiger charge is 2.03. The van der Waals surface area contributed by atoms with Crippen LogP contribution < -0.4 is 0 Å². The largest absolute Gasteiger partial charge is 0.478 e. The van der Waals surface area contributed by atoms with Crippen LogP contribution in [-0.4, -0.2) is 15.4 Å². The number of aromatic nitrogens is 1. The van der Waals surface area contributed by atoms with E-state index in [4.69, 9.17) is 5.11 Å². The summed E-state index contributed by atoms with van der Waals surface area (Å²) in [6, 6.07) is 6.76. The fourth-order valence-corrected chi connectivity index (χ4v) is 1.70. The Kier molecular flexibility index (Phi) is 2.28. The molecule has 0 unspecified atom stereocenters. The lowest BCUT2D eigenvalue weighted by Crippen LogP contribution is -1.94. The van der Waals surface area contributed by atoms with Crippen molar-refractivity contribution in [1.82, 2.24) is 4.37 Å². The van der Waals surface area contributed by atoms with Crippen molar-refractivity contribution in [1.29, 1.82) is 0 Å². The van der Waals surface area contributed by atoms with Crippen molar-refractivity contribution in [2.45, 2.75) is 0 Å². The van der Waals surface area contributed by atoms with Crippen LogP contribution in [0.5, 0.6) is 0 Å². The molecule has 14 heavy (non-hydrogen) atoms. The highest BCUT2D eigenvalue weighted by Crippen LogP contribution is 2.20. The molecule has 1 aromatic heterocycles.